The largest absolute Gasteiger partial charge is 0.330 e. The van der Waals surface area contributed by atoms with Crippen LogP contribution in [0, 0.1) is 17.8 Å². The molecule has 0 aliphatic heterocycles. The molecule has 0 bridgehead atoms. The molecule has 0 aromatic carbocycles. The third-order valence-corrected chi connectivity index (χ3v) is 4.15. The molecule has 2 nitrogen and oxygen atoms in total. The van der Waals surface area contributed by atoms with Gasteiger partial charge >= 0.3 is 0 Å². The molecule has 1 fully saturated rings. The van der Waals surface area contributed by atoms with Gasteiger partial charge in [0.2, 0.25) is 0 Å². The molecule has 1 atom stereocenters. The molecule has 16 heavy (non-hydrogen) atoms. The van der Waals surface area contributed by atoms with Gasteiger partial charge in [0.15, 0.2) is 0 Å². The Hall–Kier alpha value is -0.370. The van der Waals surface area contributed by atoms with Gasteiger partial charge in [-0.05, 0) is 38.0 Å². The lowest BCUT2D eigenvalue weighted by atomic mass is 9.76. The predicted molar refractivity (Wildman–Crippen MR) is 68.2 cm³/mol. The van der Waals surface area contributed by atoms with E-state index < -0.39 is 0 Å². The molecule has 0 aromatic rings. The molecule has 1 saturated carbocycles. The van der Waals surface area contributed by atoms with Crippen LogP contribution in [0.2, 0.25) is 0 Å². The summed E-state index contributed by atoms with van der Waals surface area (Å²) < 4.78 is 0. The number of hydrogen-bond acceptors (Lipinski definition) is 2. The lowest BCUT2D eigenvalue weighted by molar-refractivity contribution is -0.128. The maximum absolute atomic E-state index is 12.2. The Labute approximate surface area is 100.0 Å². The minimum absolute atomic E-state index is 0.133. The number of nitrogens with two attached hydrogens (primary N) is 1. The van der Waals surface area contributed by atoms with Crippen LogP contribution in [0.15, 0.2) is 0 Å². The monoisotopic (exact) mass is 225 g/mol. The van der Waals surface area contributed by atoms with Crippen molar-refractivity contribution in [2.75, 3.05) is 6.54 Å². The van der Waals surface area contributed by atoms with Crippen molar-refractivity contribution in [3.8, 4) is 0 Å². The van der Waals surface area contributed by atoms with E-state index in [9.17, 15) is 4.79 Å². The second kappa shape index (κ2) is 7.05. The van der Waals surface area contributed by atoms with Crippen LogP contribution in [0.5, 0.6) is 0 Å². The highest BCUT2D eigenvalue weighted by Crippen LogP contribution is 2.32. The van der Waals surface area contributed by atoms with Crippen LogP contribution >= 0.6 is 0 Å². The summed E-state index contributed by atoms with van der Waals surface area (Å²) in [5.74, 6) is 1.78. The lowest BCUT2D eigenvalue weighted by Crippen LogP contribution is -2.31. The standard InChI is InChI=1S/C14H27NO/c1-3-5-13(10-15)14(16)12-8-6-11(4-2)7-9-12/h11-13H,3-10,15H2,1-2H3. The van der Waals surface area contributed by atoms with Gasteiger partial charge in [0.05, 0.1) is 0 Å². The van der Waals surface area contributed by atoms with Gasteiger partial charge < -0.3 is 5.73 Å². The molecule has 0 saturated heterocycles. The van der Waals surface area contributed by atoms with Gasteiger partial charge in [-0.1, -0.05) is 26.7 Å². The summed E-state index contributed by atoms with van der Waals surface area (Å²) in [6, 6.07) is 0. The molecule has 1 aliphatic carbocycles. The Morgan fingerprint density at radius 2 is 1.88 bits per heavy atom. The molecule has 0 radical (unpaired) electrons. The normalized spacial score (nSPS) is 27.7. The van der Waals surface area contributed by atoms with E-state index in [0.29, 0.717) is 18.2 Å². The quantitative estimate of drug-likeness (QED) is 0.754. The van der Waals surface area contributed by atoms with E-state index in [1.807, 2.05) is 0 Å². The zero-order valence-corrected chi connectivity index (χ0v) is 10.9. The fourth-order valence-electron chi connectivity index (χ4n) is 2.91. The van der Waals surface area contributed by atoms with Crippen molar-refractivity contribution in [1.82, 2.24) is 0 Å². The Morgan fingerprint density at radius 3 is 2.31 bits per heavy atom. The van der Waals surface area contributed by atoms with Crippen molar-refractivity contribution in [3.63, 3.8) is 0 Å². The van der Waals surface area contributed by atoms with Crippen LogP contribution in [-0.4, -0.2) is 12.3 Å². The minimum atomic E-state index is 0.133. The third-order valence-electron chi connectivity index (χ3n) is 4.15. The van der Waals surface area contributed by atoms with E-state index in [1.165, 1.54) is 19.3 Å². The molecule has 1 unspecified atom stereocenters. The van der Waals surface area contributed by atoms with Gasteiger partial charge in [0.1, 0.15) is 5.78 Å². The Bertz CT molecular complexity index is 207. The highest BCUT2D eigenvalue weighted by molar-refractivity contribution is 5.83. The first-order valence-corrected chi connectivity index (χ1v) is 6.96. The van der Waals surface area contributed by atoms with Gasteiger partial charge in [-0.2, -0.15) is 0 Å². The SMILES string of the molecule is CCCC(CN)C(=O)C1CCC(CC)CC1. The van der Waals surface area contributed by atoms with Crippen molar-refractivity contribution in [3.05, 3.63) is 0 Å². The highest BCUT2D eigenvalue weighted by atomic mass is 16.1. The van der Waals surface area contributed by atoms with E-state index in [1.54, 1.807) is 0 Å². The molecule has 94 valence electrons. The Kier molecular flexibility index (Phi) is 6.04. The number of ketones is 1. The van der Waals surface area contributed by atoms with Gasteiger partial charge in [-0.25, -0.2) is 0 Å². The van der Waals surface area contributed by atoms with Gasteiger partial charge in [0, 0.05) is 18.4 Å². The fourth-order valence-corrected chi connectivity index (χ4v) is 2.91. The lowest BCUT2D eigenvalue weighted by Gasteiger charge is -2.29. The predicted octanol–water partition coefficient (Wildman–Crippen LogP) is 3.15. The zero-order chi connectivity index (χ0) is 12.0. The van der Waals surface area contributed by atoms with Crippen molar-refractivity contribution < 1.29 is 4.79 Å². The number of carbonyl (C=O) groups excluding carboxylic acids is 1. The van der Waals surface area contributed by atoms with Crippen LogP contribution in [-0.2, 0) is 4.79 Å². The van der Waals surface area contributed by atoms with Crippen molar-refractivity contribution in [2.45, 2.75) is 58.8 Å². The molecule has 0 amide bonds. The highest BCUT2D eigenvalue weighted by Gasteiger charge is 2.29. The van der Waals surface area contributed by atoms with Crippen LogP contribution in [0.1, 0.15) is 58.8 Å². The molecular formula is C14H27NO. The number of Topliss-reactive ketones (excluding diaryl/α,β-unsaturated/α-hetero) is 1. The molecule has 1 aliphatic rings. The summed E-state index contributed by atoms with van der Waals surface area (Å²) in [7, 11) is 0. The van der Waals surface area contributed by atoms with Gasteiger partial charge in [-0.3, -0.25) is 4.79 Å². The minimum Gasteiger partial charge on any atom is -0.330 e. The first-order chi connectivity index (χ1) is 7.72. The maximum atomic E-state index is 12.2. The summed E-state index contributed by atoms with van der Waals surface area (Å²) in [6.45, 7) is 4.93. The summed E-state index contributed by atoms with van der Waals surface area (Å²) in [4.78, 5) is 12.2. The third kappa shape index (κ3) is 3.58. The summed E-state index contributed by atoms with van der Waals surface area (Å²) in [5, 5.41) is 0. The summed E-state index contributed by atoms with van der Waals surface area (Å²) in [6.07, 6.45) is 8.03. The average molecular weight is 225 g/mol. The van der Waals surface area contributed by atoms with Crippen molar-refractivity contribution >= 4 is 5.78 Å². The average Bonchev–Trinajstić information content (AvgIpc) is 2.35. The first-order valence-electron chi connectivity index (χ1n) is 6.96. The molecular weight excluding hydrogens is 198 g/mol. The number of carbonyl (C=O) groups is 1. The van der Waals surface area contributed by atoms with E-state index in [4.69, 9.17) is 5.73 Å². The zero-order valence-electron chi connectivity index (χ0n) is 10.9. The number of rotatable bonds is 6. The second-order valence-electron chi connectivity index (χ2n) is 5.25. The van der Waals surface area contributed by atoms with Crippen molar-refractivity contribution in [2.24, 2.45) is 23.5 Å². The molecule has 0 spiro atoms. The Morgan fingerprint density at radius 1 is 1.25 bits per heavy atom. The smallest absolute Gasteiger partial charge is 0.140 e. The van der Waals surface area contributed by atoms with Crippen LogP contribution < -0.4 is 5.73 Å². The fraction of sp³-hybridized carbons (Fsp3) is 0.929. The van der Waals surface area contributed by atoms with E-state index in [0.717, 1.165) is 31.6 Å². The Balaban J connectivity index is 2.42. The molecule has 2 N–H and O–H groups in total. The van der Waals surface area contributed by atoms with E-state index in [2.05, 4.69) is 13.8 Å². The second-order valence-corrected chi connectivity index (χ2v) is 5.25. The van der Waals surface area contributed by atoms with Gasteiger partial charge in [0.25, 0.3) is 0 Å². The van der Waals surface area contributed by atoms with Crippen LogP contribution in [0.3, 0.4) is 0 Å². The topological polar surface area (TPSA) is 43.1 Å². The molecule has 2 heteroatoms. The van der Waals surface area contributed by atoms with Crippen LogP contribution in [0.25, 0.3) is 0 Å². The van der Waals surface area contributed by atoms with Crippen LogP contribution in [0.4, 0.5) is 0 Å². The summed E-state index contributed by atoms with van der Waals surface area (Å²) in [5.41, 5.74) is 5.70. The van der Waals surface area contributed by atoms with Gasteiger partial charge in [-0.15, -0.1) is 0 Å². The number of hydrogen-bond donors (Lipinski definition) is 1. The maximum Gasteiger partial charge on any atom is 0.140 e. The summed E-state index contributed by atoms with van der Waals surface area (Å²) >= 11 is 0. The first kappa shape index (κ1) is 13.7. The van der Waals surface area contributed by atoms with E-state index in [-0.39, 0.29) is 5.92 Å². The van der Waals surface area contributed by atoms with Crippen molar-refractivity contribution in [1.29, 1.82) is 0 Å². The van der Waals surface area contributed by atoms with E-state index >= 15 is 0 Å². The molecule has 0 aromatic heterocycles. The molecule has 1 rings (SSSR count). The molecule has 0 heterocycles.